The lowest BCUT2D eigenvalue weighted by Crippen LogP contribution is -1.95. The third-order valence-electron chi connectivity index (χ3n) is 2.16. The summed E-state index contributed by atoms with van der Waals surface area (Å²) in [6.45, 7) is 0.558. The largest absolute Gasteiger partial charge is 0.374 e. The molecular formula is C10H11NO3. The van der Waals surface area contributed by atoms with Crippen LogP contribution >= 0.6 is 0 Å². The SMILES string of the molecule is O=[N+]([O-])c1ccc(COC2CC2)cc1. The molecule has 0 bridgehead atoms. The summed E-state index contributed by atoms with van der Waals surface area (Å²) in [7, 11) is 0. The average molecular weight is 193 g/mol. The van der Waals surface area contributed by atoms with Crippen molar-refractivity contribution in [3.63, 3.8) is 0 Å². The van der Waals surface area contributed by atoms with Gasteiger partial charge in [-0.15, -0.1) is 0 Å². The molecule has 1 saturated carbocycles. The molecule has 1 aliphatic carbocycles. The van der Waals surface area contributed by atoms with Gasteiger partial charge in [-0.3, -0.25) is 10.1 Å². The zero-order valence-corrected chi connectivity index (χ0v) is 7.68. The minimum atomic E-state index is -0.397. The van der Waals surface area contributed by atoms with Gasteiger partial charge >= 0.3 is 0 Å². The minimum absolute atomic E-state index is 0.125. The van der Waals surface area contributed by atoms with E-state index in [-0.39, 0.29) is 5.69 Å². The van der Waals surface area contributed by atoms with Gasteiger partial charge in [0.05, 0.1) is 17.6 Å². The number of rotatable bonds is 4. The maximum absolute atomic E-state index is 10.4. The van der Waals surface area contributed by atoms with Crippen molar-refractivity contribution in [1.29, 1.82) is 0 Å². The van der Waals surface area contributed by atoms with Gasteiger partial charge in [0.2, 0.25) is 0 Å². The summed E-state index contributed by atoms with van der Waals surface area (Å²) >= 11 is 0. The van der Waals surface area contributed by atoms with Crippen molar-refractivity contribution >= 4 is 5.69 Å². The van der Waals surface area contributed by atoms with Crippen molar-refractivity contribution in [2.45, 2.75) is 25.6 Å². The molecule has 0 N–H and O–H groups in total. The molecule has 0 heterocycles. The maximum Gasteiger partial charge on any atom is 0.269 e. The second-order valence-electron chi connectivity index (χ2n) is 3.43. The molecule has 0 aromatic heterocycles. The van der Waals surface area contributed by atoms with Gasteiger partial charge in [-0.05, 0) is 30.5 Å². The van der Waals surface area contributed by atoms with Crippen molar-refractivity contribution < 1.29 is 9.66 Å². The van der Waals surface area contributed by atoms with Crippen LogP contribution in [0.3, 0.4) is 0 Å². The molecule has 0 saturated heterocycles. The molecule has 0 aliphatic heterocycles. The molecular weight excluding hydrogens is 182 g/mol. The normalized spacial score (nSPS) is 15.4. The number of nitrogens with zero attached hydrogens (tertiary/aromatic N) is 1. The van der Waals surface area contributed by atoms with Crippen LogP contribution in [0.4, 0.5) is 5.69 Å². The molecule has 1 aromatic carbocycles. The maximum atomic E-state index is 10.4. The van der Waals surface area contributed by atoms with Gasteiger partial charge in [0, 0.05) is 12.1 Å². The zero-order chi connectivity index (χ0) is 9.97. The van der Waals surface area contributed by atoms with E-state index in [0.717, 1.165) is 18.4 Å². The number of hydrogen-bond donors (Lipinski definition) is 0. The first kappa shape index (κ1) is 9.15. The molecule has 1 aliphatic rings. The van der Waals surface area contributed by atoms with Crippen molar-refractivity contribution in [3.05, 3.63) is 39.9 Å². The predicted molar refractivity (Wildman–Crippen MR) is 50.9 cm³/mol. The van der Waals surface area contributed by atoms with E-state index in [1.165, 1.54) is 12.1 Å². The Morgan fingerprint density at radius 2 is 2.00 bits per heavy atom. The van der Waals surface area contributed by atoms with Gasteiger partial charge in [-0.2, -0.15) is 0 Å². The number of non-ortho nitro benzene ring substituents is 1. The number of benzene rings is 1. The van der Waals surface area contributed by atoms with Crippen molar-refractivity contribution in [1.82, 2.24) is 0 Å². The fourth-order valence-corrected chi connectivity index (χ4v) is 1.16. The fourth-order valence-electron chi connectivity index (χ4n) is 1.16. The Bertz CT molecular complexity index is 330. The van der Waals surface area contributed by atoms with Crippen molar-refractivity contribution in [3.8, 4) is 0 Å². The fraction of sp³-hybridized carbons (Fsp3) is 0.400. The molecule has 4 nitrogen and oxygen atoms in total. The van der Waals surface area contributed by atoms with Crippen LogP contribution < -0.4 is 0 Å². The van der Waals surface area contributed by atoms with E-state index in [1.807, 2.05) is 0 Å². The van der Waals surface area contributed by atoms with Gasteiger partial charge in [0.15, 0.2) is 0 Å². The molecule has 0 unspecified atom stereocenters. The lowest BCUT2D eigenvalue weighted by Gasteiger charge is -2.01. The Morgan fingerprint density at radius 3 is 2.50 bits per heavy atom. The van der Waals surface area contributed by atoms with E-state index < -0.39 is 4.92 Å². The molecule has 2 rings (SSSR count). The van der Waals surface area contributed by atoms with E-state index in [2.05, 4.69) is 0 Å². The molecule has 0 radical (unpaired) electrons. The Balaban J connectivity index is 1.94. The number of ether oxygens (including phenoxy) is 1. The monoisotopic (exact) mass is 193 g/mol. The summed E-state index contributed by atoms with van der Waals surface area (Å²) in [5, 5.41) is 10.4. The van der Waals surface area contributed by atoms with Crippen molar-refractivity contribution in [2.24, 2.45) is 0 Å². The first-order valence-corrected chi connectivity index (χ1v) is 4.60. The Hall–Kier alpha value is -1.42. The summed E-state index contributed by atoms with van der Waals surface area (Å²) in [6.07, 6.45) is 2.71. The Labute approximate surface area is 81.7 Å². The highest BCUT2D eigenvalue weighted by Crippen LogP contribution is 2.25. The first-order valence-electron chi connectivity index (χ1n) is 4.60. The van der Waals surface area contributed by atoms with Gasteiger partial charge in [0.25, 0.3) is 5.69 Å². The molecule has 4 heteroatoms. The third-order valence-corrected chi connectivity index (χ3v) is 2.16. The van der Waals surface area contributed by atoms with E-state index in [4.69, 9.17) is 4.74 Å². The molecule has 14 heavy (non-hydrogen) atoms. The van der Waals surface area contributed by atoms with E-state index >= 15 is 0 Å². The smallest absolute Gasteiger partial charge is 0.269 e. The van der Waals surface area contributed by atoms with Crippen LogP contribution in [-0.2, 0) is 11.3 Å². The standard InChI is InChI=1S/C10H11NO3/c12-11(13)9-3-1-8(2-4-9)7-14-10-5-6-10/h1-4,10H,5-7H2. The number of hydrogen-bond acceptors (Lipinski definition) is 3. The minimum Gasteiger partial charge on any atom is -0.374 e. The summed E-state index contributed by atoms with van der Waals surface area (Å²) in [4.78, 5) is 9.97. The highest BCUT2D eigenvalue weighted by atomic mass is 16.6. The van der Waals surface area contributed by atoms with Gasteiger partial charge < -0.3 is 4.74 Å². The highest BCUT2D eigenvalue weighted by Gasteiger charge is 2.21. The molecule has 0 spiro atoms. The third kappa shape index (κ3) is 2.29. The lowest BCUT2D eigenvalue weighted by atomic mass is 10.2. The van der Waals surface area contributed by atoms with Crippen LogP contribution in [0.2, 0.25) is 0 Å². The average Bonchev–Trinajstić information content (AvgIpc) is 2.99. The molecule has 0 amide bonds. The summed E-state index contributed by atoms with van der Waals surface area (Å²) in [5.74, 6) is 0. The van der Waals surface area contributed by atoms with E-state index in [0.29, 0.717) is 12.7 Å². The van der Waals surface area contributed by atoms with Crippen LogP contribution in [0, 0.1) is 10.1 Å². The van der Waals surface area contributed by atoms with Crippen LogP contribution in [-0.4, -0.2) is 11.0 Å². The van der Waals surface area contributed by atoms with Crippen molar-refractivity contribution in [2.75, 3.05) is 0 Å². The second kappa shape index (κ2) is 3.75. The molecule has 1 fully saturated rings. The number of nitro groups is 1. The zero-order valence-electron chi connectivity index (χ0n) is 7.68. The molecule has 0 atom stereocenters. The lowest BCUT2D eigenvalue weighted by molar-refractivity contribution is -0.384. The van der Waals surface area contributed by atoms with Crippen LogP contribution in [0.5, 0.6) is 0 Å². The first-order chi connectivity index (χ1) is 6.75. The highest BCUT2D eigenvalue weighted by molar-refractivity contribution is 5.32. The quantitative estimate of drug-likeness (QED) is 0.544. The van der Waals surface area contributed by atoms with Gasteiger partial charge in [-0.25, -0.2) is 0 Å². The van der Waals surface area contributed by atoms with Gasteiger partial charge in [0.1, 0.15) is 0 Å². The Morgan fingerprint density at radius 1 is 1.36 bits per heavy atom. The van der Waals surface area contributed by atoms with Crippen LogP contribution in [0.25, 0.3) is 0 Å². The van der Waals surface area contributed by atoms with Crippen LogP contribution in [0.1, 0.15) is 18.4 Å². The van der Waals surface area contributed by atoms with Gasteiger partial charge in [-0.1, -0.05) is 0 Å². The Kier molecular flexibility index (Phi) is 2.45. The van der Waals surface area contributed by atoms with Crippen LogP contribution in [0.15, 0.2) is 24.3 Å². The molecule has 74 valence electrons. The second-order valence-corrected chi connectivity index (χ2v) is 3.43. The van der Waals surface area contributed by atoms with E-state index in [1.54, 1.807) is 12.1 Å². The molecule has 1 aromatic rings. The predicted octanol–water partition coefficient (Wildman–Crippen LogP) is 2.27. The number of nitro benzene ring substituents is 1. The summed E-state index contributed by atoms with van der Waals surface area (Å²) in [6, 6.07) is 6.48. The summed E-state index contributed by atoms with van der Waals surface area (Å²) in [5.41, 5.74) is 1.11. The topological polar surface area (TPSA) is 52.4 Å². The summed E-state index contributed by atoms with van der Waals surface area (Å²) < 4.78 is 5.47. The van der Waals surface area contributed by atoms with E-state index in [9.17, 15) is 10.1 Å².